The monoisotopic (exact) mass is 341 g/mol. The van der Waals surface area contributed by atoms with E-state index in [4.69, 9.17) is 10.5 Å². The van der Waals surface area contributed by atoms with Crippen LogP contribution in [-0.4, -0.2) is 7.11 Å². The van der Waals surface area contributed by atoms with Crippen LogP contribution in [0.25, 0.3) is 10.8 Å². The molecule has 106 valence electrons. The number of rotatable bonds is 3. The second-order valence-electron chi connectivity index (χ2n) is 4.90. The molecule has 0 aliphatic rings. The summed E-state index contributed by atoms with van der Waals surface area (Å²) in [5.41, 5.74) is 8.68. The first-order valence-electron chi connectivity index (χ1n) is 6.78. The largest absolute Gasteiger partial charge is 0.496 e. The van der Waals surface area contributed by atoms with Crippen molar-refractivity contribution >= 4 is 26.7 Å². The Labute approximate surface area is 132 Å². The fraction of sp³-hybridized carbons (Fsp3) is 0.111. The summed E-state index contributed by atoms with van der Waals surface area (Å²) in [4.78, 5) is 0. The van der Waals surface area contributed by atoms with Crippen molar-refractivity contribution < 1.29 is 4.74 Å². The Bertz CT molecular complexity index is 785. The minimum atomic E-state index is -0.184. The van der Waals surface area contributed by atoms with Crippen LogP contribution < -0.4 is 10.5 Å². The van der Waals surface area contributed by atoms with Crippen molar-refractivity contribution in [3.8, 4) is 5.75 Å². The number of benzene rings is 3. The molecule has 3 rings (SSSR count). The van der Waals surface area contributed by atoms with E-state index in [-0.39, 0.29) is 6.04 Å². The Kier molecular flexibility index (Phi) is 3.95. The highest BCUT2D eigenvalue weighted by Gasteiger charge is 2.15. The lowest BCUT2D eigenvalue weighted by Gasteiger charge is -2.18. The Morgan fingerprint density at radius 2 is 1.52 bits per heavy atom. The van der Waals surface area contributed by atoms with Gasteiger partial charge in [0.05, 0.1) is 13.2 Å². The number of methoxy groups -OCH3 is 1. The van der Waals surface area contributed by atoms with Gasteiger partial charge in [-0.3, -0.25) is 0 Å². The maximum atomic E-state index is 6.50. The van der Waals surface area contributed by atoms with Crippen LogP contribution in [0.4, 0.5) is 0 Å². The van der Waals surface area contributed by atoms with Gasteiger partial charge in [0.25, 0.3) is 0 Å². The third-order valence-corrected chi connectivity index (χ3v) is 4.44. The average molecular weight is 342 g/mol. The summed E-state index contributed by atoms with van der Waals surface area (Å²) in [6, 6.07) is 20.1. The molecule has 1 unspecified atom stereocenters. The molecule has 0 spiro atoms. The molecular formula is C18H16BrNO. The summed E-state index contributed by atoms with van der Waals surface area (Å²) < 4.78 is 6.47. The molecule has 0 amide bonds. The van der Waals surface area contributed by atoms with Crippen molar-refractivity contribution in [1.82, 2.24) is 0 Å². The van der Waals surface area contributed by atoms with Crippen molar-refractivity contribution in [2.75, 3.05) is 7.11 Å². The fourth-order valence-corrected chi connectivity index (χ4v) is 3.17. The predicted molar refractivity (Wildman–Crippen MR) is 90.7 cm³/mol. The van der Waals surface area contributed by atoms with Gasteiger partial charge in [-0.25, -0.2) is 0 Å². The molecule has 3 heteroatoms. The predicted octanol–water partition coefficient (Wildman–Crippen LogP) is 4.66. The van der Waals surface area contributed by atoms with E-state index in [1.165, 1.54) is 0 Å². The minimum absolute atomic E-state index is 0.184. The van der Waals surface area contributed by atoms with Crippen LogP contribution in [-0.2, 0) is 0 Å². The molecule has 2 nitrogen and oxygen atoms in total. The molecule has 0 saturated heterocycles. The van der Waals surface area contributed by atoms with Gasteiger partial charge < -0.3 is 10.5 Å². The molecule has 1 atom stereocenters. The molecule has 21 heavy (non-hydrogen) atoms. The third kappa shape index (κ3) is 2.55. The van der Waals surface area contributed by atoms with Gasteiger partial charge in [-0.05, 0) is 28.6 Å². The zero-order valence-corrected chi connectivity index (χ0v) is 13.3. The summed E-state index contributed by atoms with van der Waals surface area (Å²) in [7, 11) is 1.69. The highest BCUT2D eigenvalue weighted by molar-refractivity contribution is 9.10. The van der Waals surface area contributed by atoms with Crippen molar-refractivity contribution in [3.63, 3.8) is 0 Å². The average Bonchev–Trinajstić information content (AvgIpc) is 2.53. The van der Waals surface area contributed by atoms with Crippen molar-refractivity contribution in [2.45, 2.75) is 6.04 Å². The molecule has 0 saturated carbocycles. The molecule has 0 aliphatic carbocycles. The van der Waals surface area contributed by atoms with Crippen molar-refractivity contribution in [3.05, 3.63) is 76.3 Å². The number of hydrogen-bond donors (Lipinski definition) is 1. The zero-order valence-electron chi connectivity index (χ0n) is 11.7. The van der Waals surface area contributed by atoms with Crippen LogP contribution in [0.2, 0.25) is 0 Å². The first-order chi connectivity index (χ1) is 10.2. The van der Waals surface area contributed by atoms with E-state index in [1.807, 2.05) is 48.5 Å². The van der Waals surface area contributed by atoms with Crippen LogP contribution >= 0.6 is 15.9 Å². The van der Waals surface area contributed by atoms with Gasteiger partial charge >= 0.3 is 0 Å². The lowest BCUT2D eigenvalue weighted by atomic mass is 9.94. The summed E-state index contributed by atoms with van der Waals surface area (Å²) in [6.07, 6.45) is 0. The van der Waals surface area contributed by atoms with E-state index in [0.29, 0.717) is 0 Å². The van der Waals surface area contributed by atoms with Crippen LogP contribution in [0.5, 0.6) is 5.75 Å². The third-order valence-electron chi connectivity index (χ3n) is 3.71. The van der Waals surface area contributed by atoms with Gasteiger partial charge in [-0.15, -0.1) is 0 Å². The number of hydrogen-bond acceptors (Lipinski definition) is 2. The number of fused-ring (bicyclic) bond motifs is 1. The van der Waals surface area contributed by atoms with E-state index >= 15 is 0 Å². The molecule has 0 aliphatic heterocycles. The fourth-order valence-electron chi connectivity index (χ4n) is 2.64. The zero-order chi connectivity index (χ0) is 14.8. The summed E-state index contributed by atoms with van der Waals surface area (Å²) in [5, 5.41) is 2.21. The van der Waals surface area contributed by atoms with Gasteiger partial charge in [-0.2, -0.15) is 0 Å². The Hall–Kier alpha value is -1.84. The normalized spacial score (nSPS) is 12.3. The van der Waals surface area contributed by atoms with Crippen LogP contribution in [0.1, 0.15) is 17.2 Å². The number of nitrogens with two attached hydrogens (primary N) is 1. The lowest BCUT2D eigenvalue weighted by molar-refractivity contribution is 0.419. The molecular weight excluding hydrogens is 326 g/mol. The smallest absolute Gasteiger partial charge is 0.126 e. The highest BCUT2D eigenvalue weighted by Crippen LogP contribution is 2.34. The Balaban J connectivity index is 2.19. The molecule has 0 heterocycles. The molecule has 0 bridgehead atoms. The maximum absolute atomic E-state index is 6.50. The second kappa shape index (κ2) is 5.88. The van der Waals surface area contributed by atoms with E-state index in [9.17, 15) is 0 Å². The summed E-state index contributed by atoms with van der Waals surface area (Å²) >= 11 is 3.58. The maximum Gasteiger partial charge on any atom is 0.126 e. The second-order valence-corrected chi connectivity index (χ2v) is 5.76. The standard InChI is InChI=1S/C18H16BrNO/c1-21-17-11-10-14(12-6-2-3-7-13(12)17)18(20)15-8-4-5-9-16(15)19/h2-11,18H,20H2,1H3. The molecule has 0 fully saturated rings. The molecule has 3 aromatic rings. The van der Waals surface area contributed by atoms with Gasteiger partial charge in [0.1, 0.15) is 5.75 Å². The molecule has 0 aromatic heterocycles. The minimum Gasteiger partial charge on any atom is -0.496 e. The summed E-state index contributed by atoms with van der Waals surface area (Å²) in [6.45, 7) is 0. The topological polar surface area (TPSA) is 35.2 Å². The van der Waals surface area contributed by atoms with E-state index < -0.39 is 0 Å². The highest BCUT2D eigenvalue weighted by atomic mass is 79.9. The SMILES string of the molecule is COc1ccc(C(N)c2ccccc2Br)c2ccccc12. The van der Waals surface area contributed by atoms with Crippen LogP contribution in [0.15, 0.2) is 65.1 Å². The lowest BCUT2D eigenvalue weighted by Crippen LogP contribution is -2.13. The quantitative estimate of drug-likeness (QED) is 0.751. The van der Waals surface area contributed by atoms with E-state index in [0.717, 1.165) is 32.1 Å². The molecule has 3 aromatic carbocycles. The van der Waals surface area contributed by atoms with Crippen molar-refractivity contribution in [2.24, 2.45) is 5.73 Å². The molecule has 2 N–H and O–H groups in total. The van der Waals surface area contributed by atoms with Gasteiger partial charge in [0.2, 0.25) is 0 Å². The first kappa shape index (κ1) is 14.1. The summed E-state index contributed by atoms with van der Waals surface area (Å²) in [5.74, 6) is 0.869. The van der Waals surface area contributed by atoms with Crippen molar-refractivity contribution in [1.29, 1.82) is 0 Å². The van der Waals surface area contributed by atoms with Crippen LogP contribution in [0.3, 0.4) is 0 Å². The van der Waals surface area contributed by atoms with Gasteiger partial charge in [-0.1, -0.05) is 64.5 Å². The Morgan fingerprint density at radius 3 is 2.24 bits per heavy atom. The van der Waals surface area contributed by atoms with E-state index in [2.05, 4.69) is 28.1 Å². The van der Waals surface area contributed by atoms with Crippen LogP contribution in [0, 0.1) is 0 Å². The van der Waals surface area contributed by atoms with Gasteiger partial charge in [0.15, 0.2) is 0 Å². The van der Waals surface area contributed by atoms with Gasteiger partial charge in [0, 0.05) is 9.86 Å². The van der Waals surface area contributed by atoms with E-state index in [1.54, 1.807) is 7.11 Å². The Morgan fingerprint density at radius 1 is 0.857 bits per heavy atom. The molecule has 0 radical (unpaired) electrons. The number of halogens is 1. The number of ether oxygens (including phenoxy) is 1. The first-order valence-corrected chi connectivity index (χ1v) is 7.57.